The Bertz CT molecular complexity index is 826. The van der Waals surface area contributed by atoms with Crippen LogP contribution in [-0.2, 0) is 17.6 Å². The van der Waals surface area contributed by atoms with Crippen LogP contribution in [0.2, 0.25) is 0 Å². The Kier molecular flexibility index (Phi) is 4.88. The normalized spacial score (nSPS) is 13.4. The quantitative estimate of drug-likeness (QED) is 0.920. The third-order valence-electron chi connectivity index (χ3n) is 4.85. The summed E-state index contributed by atoms with van der Waals surface area (Å²) >= 11 is 0. The molecule has 4 heteroatoms. The van der Waals surface area contributed by atoms with Gasteiger partial charge in [-0.2, -0.15) is 0 Å². The number of benzene rings is 2. The van der Waals surface area contributed by atoms with E-state index in [2.05, 4.69) is 19.1 Å². The van der Waals surface area contributed by atoms with E-state index in [1.165, 1.54) is 11.1 Å². The zero-order valence-electron chi connectivity index (χ0n) is 14.7. The van der Waals surface area contributed by atoms with Crippen molar-refractivity contribution in [1.29, 1.82) is 0 Å². The van der Waals surface area contributed by atoms with Gasteiger partial charge in [0.1, 0.15) is 0 Å². The summed E-state index contributed by atoms with van der Waals surface area (Å²) in [6.07, 6.45) is 2.73. The topological polar surface area (TPSA) is 57.6 Å². The maximum Gasteiger partial charge on any atom is 0.335 e. The lowest BCUT2D eigenvalue weighted by atomic mass is 9.94. The summed E-state index contributed by atoms with van der Waals surface area (Å²) in [5.74, 6) is -0.885. The van der Waals surface area contributed by atoms with Crippen molar-refractivity contribution in [3.05, 3.63) is 64.2 Å². The predicted octanol–water partition coefficient (Wildman–Crippen LogP) is 3.91. The van der Waals surface area contributed by atoms with Gasteiger partial charge in [0.15, 0.2) is 0 Å². The van der Waals surface area contributed by atoms with Crippen molar-refractivity contribution in [3.8, 4) is 0 Å². The second-order valence-corrected chi connectivity index (χ2v) is 6.69. The molecule has 25 heavy (non-hydrogen) atoms. The van der Waals surface area contributed by atoms with Gasteiger partial charge in [-0.3, -0.25) is 4.79 Å². The smallest absolute Gasteiger partial charge is 0.335 e. The Hall–Kier alpha value is -2.62. The summed E-state index contributed by atoms with van der Waals surface area (Å²) in [6, 6.07) is 11.1. The van der Waals surface area contributed by atoms with Crippen molar-refractivity contribution in [3.63, 3.8) is 0 Å². The van der Waals surface area contributed by atoms with Gasteiger partial charge in [0, 0.05) is 18.7 Å². The molecule has 0 saturated carbocycles. The first-order chi connectivity index (χ1) is 12.0. The van der Waals surface area contributed by atoms with Crippen molar-refractivity contribution in [2.75, 3.05) is 11.4 Å². The fourth-order valence-electron chi connectivity index (χ4n) is 3.66. The molecule has 0 bridgehead atoms. The minimum Gasteiger partial charge on any atom is -0.478 e. The molecule has 2 aromatic carbocycles. The Morgan fingerprint density at radius 1 is 1.16 bits per heavy atom. The molecule has 130 valence electrons. The van der Waals surface area contributed by atoms with Gasteiger partial charge in [0.2, 0.25) is 5.91 Å². The predicted molar refractivity (Wildman–Crippen MR) is 98.3 cm³/mol. The molecule has 0 radical (unpaired) electrons. The van der Waals surface area contributed by atoms with Crippen LogP contribution in [0.25, 0.3) is 0 Å². The first-order valence-corrected chi connectivity index (χ1v) is 8.69. The molecule has 1 amide bonds. The maximum atomic E-state index is 12.8. The zero-order valence-corrected chi connectivity index (χ0v) is 14.7. The number of hydrogen-bond acceptors (Lipinski definition) is 2. The Labute approximate surface area is 148 Å². The van der Waals surface area contributed by atoms with Gasteiger partial charge in [-0.25, -0.2) is 4.79 Å². The third-order valence-corrected chi connectivity index (χ3v) is 4.85. The van der Waals surface area contributed by atoms with Crippen LogP contribution in [0.4, 0.5) is 5.69 Å². The van der Waals surface area contributed by atoms with Crippen molar-refractivity contribution in [2.24, 2.45) is 0 Å². The highest BCUT2D eigenvalue weighted by atomic mass is 16.4. The van der Waals surface area contributed by atoms with Crippen LogP contribution in [0.15, 0.2) is 36.4 Å². The van der Waals surface area contributed by atoms with Crippen molar-refractivity contribution >= 4 is 17.6 Å². The van der Waals surface area contributed by atoms with Crippen molar-refractivity contribution in [1.82, 2.24) is 0 Å². The number of aromatic carboxylic acids is 1. The molecule has 3 rings (SSSR count). The molecule has 1 aliphatic heterocycles. The van der Waals surface area contributed by atoms with Gasteiger partial charge < -0.3 is 10.0 Å². The largest absolute Gasteiger partial charge is 0.478 e. The molecular formula is C21H23NO3. The second-order valence-electron chi connectivity index (χ2n) is 6.69. The average Bonchev–Trinajstić information content (AvgIpc) is 2.59. The number of hydrogen-bond donors (Lipinski definition) is 1. The van der Waals surface area contributed by atoms with Crippen LogP contribution in [0, 0.1) is 13.8 Å². The maximum absolute atomic E-state index is 12.8. The number of nitrogens with zero attached hydrogens (tertiary/aromatic N) is 1. The number of carboxylic acids is 1. The van der Waals surface area contributed by atoms with E-state index in [0.29, 0.717) is 18.4 Å². The third kappa shape index (κ3) is 3.58. The molecule has 0 aromatic heterocycles. The molecular weight excluding hydrogens is 314 g/mol. The monoisotopic (exact) mass is 337 g/mol. The summed E-state index contributed by atoms with van der Waals surface area (Å²) in [5, 5.41) is 9.28. The zero-order chi connectivity index (χ0) is 18.0. The summed E-state index contributed by atoms with van der Waals surface area (Å²) in [4.78, 5) is 26.0. The van der Waals surface area contributed by atoms with E-state index in [9.17, 15) is 14.7 Å². The van der Waals surface area contributed by atoms with Crippen molar-refractivity contribution in [2.45, 2.75) is 39.5 Å². The molecule has 0 saturated heterocycles. The van der Waals surface area contributed by atoms with E-state index in [-0.39, 0.29) is 11.5 Å². The molecule has 0 atom stereocenters. The molecule has 0 unspecified atom stereocenters. The summed E-state index contributed by atoms with van der Waals surface area (Å²) < 4.78 is 0. The summed E-state index contributed by atoms with van der Waals surface area (Å²) in [6.45, 7) is 4.88. The van der Waals surface area contributed by atoms with E-state index >= 15 is 0 Å². The second kappa shape index (κ2) is 7.09. The number of rotatable bonds is 4. The number of fused-ring (bicyclic) bond motifs is 1. The SMILES string of the molecule is Cc1cc(C)c2c(c1)N(C(=O)CCc1ccccc1C(=O)O)CCC2. The molecule has 1 heterocycles. The van der Waals surface area contributed by atoms with Gasteiger partial charge in [0.25, 0.3) is 0 Å². The first kappa shape index (κ1) is 17.2. The van der Waals surface area contributed by atoms with Gasteiger partial charge in [-0.05, 0) is 67.5 Å². The Balaban J connectivity index is 1.79. The standard InChI is InChI=1S/C21H23NO3/c1-14-12-15(2)17-8-5-11-22(19(17)13-14)20(23)10-9-16-6-3-4-7-18(16)21(24)25/h3-4,6-7,12-13H,5,8-11H2,1-2H3,(H,24,25). The van der Waals surface area contributed by atoms with Crippen LogP contribution in [0.1, 0.15) is 45.5 Å². The highest BCUT2D eigenvalue weighted by molar-refractivity contribution is 5.95. The minimum atomic E-state index is -0.947. The fraction of sp³-hybridized carbons (Fsp3) is 0.333. The van der Waals surface area contributed by atoms with Crippen molar-refractivity contribution < 1.29 is 14.7 Å². The molecule has 1 N–H and O–H groups in total. The van der Waals surface area contributed by atoms with Gasteiger partial charge in [0.05, 0.1) is 5.56 Å². The molecule has 2 aromatic rings. The van der Waals surface area contributed by atoms with Gasteiger partial charge in [-0.15, -0.1) is 0 Å². The van der Waals surface area contributed by atoms with Crippen LogP contribution >= 0.6 is 0 Å². The number of aryl methyl sites for hydroxylation is 3. The molecule has 0 aliphatic carbocycles. The Morgan fingerprint density at radius 3 is 2.68 bits per heavy atom. The van der Waals surface area contributed by atoms with E-state index in [1.54, 1.807) is 18.2 Å². The lowest BCUT2D eigenvalue weighted by Crippen LogP contribution is -2.36. The number of carboxylic acid groups (broad SMARTS) is 1. The summed E-state index contributed by atoms with van der Waals surface area (Å²) in [7, 11) is 0. The van der Waals surface area contributed by atoms with Crippen LogP contribution in [0.5, 0.6) is 0 Å². The fourth-order valence-corrected chi connectivity index (χ4v) is 3.66. The van der Waals surface area contributed by atoms with Gasteiger partial charge in [-0.1, -0.05) is 24.3 Å². The highest BCUT2D eigenvalue weighted by Crippen LogP contribution is 2.31. The lowest BCUT2D eigenvalue weighted by molar-refractivity contribution is -0.118. The summed E-state index contributed by atoms with van der Waals surface area (Å²) in [5.41, 5.74) is 5.68. The van der Waals surface area contributed by atoms with E-state index < -0.39 is 5.97 Å². The molecule has 0 fully saturated rings. The van der Waals surface area contributed by atoms with Crippen LogP contribution in [-0.4, -0.2) is 23.5 Å². The lowest BCUT2D eigenvalue weighted by Gasteiger charge is -2.31. The van der Waals surface area contributed by atoms with E-state index in [0.717, 1.165) is 30.6 Å². The minimum absolute atomic E-state index is 0.0612. The molecule has 0 spiro atoms. The van der Waals surface area contributed by atoms with Crippen LogP contribution in [0.3, 0.4) is 0 Å². The first-order valence-electron chi connectivity index (χ1n) is 8.69. The molecule has 4 nitrogen and oxygen atoms in total. The highest BCUT2D eigenvalue weighted by Gasteiger charge is 2.24. The number of amides is 1. The number of carbonyl (C=O) groups excluding carboxylic acids is 1. The average molecular weight is 337 g/mol. The Morgan fingerprint density at radius 2 is 1.92 bits per heavy atom. The van der Waals surface area contributed by atoms with Gasteiger partial charge >= 0.3 is 5.97 Å². The number of carbonyl (C=O) groups is 2. The van der Waals surface area contributed by atoms with E-state index in [1.807, 2.05) is 17.9 Å². The number of anilines is 1. The molecule has 1 aliphatic rings. The van der Waals surface area contributed by atoms with E-state index in [4.69, 9.17) is 0 Å². The van der Waals surface area contributed by atoms with Crippen LogP contribution < -0.4 is 4.90 Å².